The zero-order chi connectivity index (χ0) is 17.0. The van der Waals surface area contributed by atoms with Crippen LogP contribution in [0.25, 0.3) is 0 Å². The summed E-state index contributed by atoms with van der Waals surface area (Å²) >= 11 is 0. The highest BCUT2D eigenvalue weighted by atomic mass is 19.1. The summed E-state index contributed by atoms with van der Waals surface area (Å²) in [6.07, 6.45) is 1.04. The lowest BCUT2D eigenvalue weighted by Crippen LogP contribution is -2.45. The van der Waals surface area contributed by atoms with E-state index in [9.17, 15) is 23.5 Å². The summed E-state index contributed by atoms with van der Waals surface area (Å²) in [4.78, 5) is 25.5. The van der Waals surface area contributed by atoms with Gasteiger partial charge in [0.2, 0.25) is 5.91 Å². The maximum absolute atomic E-state index is 13.1. The van der Waals surface area contributed by atoms with Crippen LogP contribution in [0.15, 0.2) is 18.2 Å². The molecule has 23 heavy (non-hydrogen) atoms. The predicted molar refractivity (Wildman–Crippen MR) is 79.7 cm³/mol. The minimum Gasteiger partial charge on any atom is -0.393 e. The Morgan fingerprint density at radius 1 is 1.26 bits per heavy atom. The smallest absolute Gasteiger partial charge is 0.251 e. The lowest BCUT2D eigenvalue weighted by Gasteiger charge is -2.33. The van der Waals surface area contributed by atoms with Gasteiger partial charge in [0.25, 0.3) is 5.91 Å². The number of rotatable bonds is 4. The lowest BCUT2D eigenvalue weighted by atomic mass is 9.92. The number of aliphatic hydroxyl groups is 1. The average molecular weight is 326 g/mol. The van der Waals surface area contributed by atoms with Crippen LogP contribution in [-0.4, -0.2) is 47.6 Å². The fourth-order valence-corrected chi connectivity index (χ4v) is 2.69. The number of benzene rings is 1. The van der Waals surface area contributed by atoms with Gasteiger partial charge in [-0.3, -0.25) is 9.59 Å². The molecule has 0 radical (unpaired) electrons. The van der Waals surface area contributed by atoms with Crippen LogP contribution in [0.4, 0.5) is 8.78 Å². The van der Waals surface area contributed by atoms with Crippen molar-refractivity contribution in [3.05, 3.63) is 35.4 Å². The van der Waals surface area contributed by atoms with Gasteiger partial charge < -0.3 is 15.3 Å². The Balaban J connectivity index is 1.83. The Morgan fingerprint density at radius 2 is 1.83 bits per heavy atom. The first-order chi connectivity index (χ1) is 10.9. The molecule has 1 fully saturated rings. The number of hydrogen-bond donors (Lipinski definition) is 2. The first-order valence-corrected chi connectivity index (χ1v) is 7.57. The van der Waals surface area contributed by atoms with E-state index in [-0.39, 0.29) is 23.9 Å². The van der Waals surface area contributed by atoms with Crippen molar-refractivity contribution in [3.63, 3.8) is 0 Å². The van der Waals surface area contributed by atoms with Crippen LogP contribution >= 0.6 is 0 Å². The minimum atomic E-state index is -0.846. The quantitative estimate of drug-likeness (QED) is 0.877. The van der Waals surface area contributed by atoms with E-state index in [1.54, 1.807) is 11.8 Å². The number of likely N-dealkylation sites (tertiary alicyclic amines) is 1. The lowest BCUT2D eigenvalue weighted by molar-refractivity contribution is -0.132. The molecule has 5 nitrogen and oxygen atoms in total. The van der Waals surface area contributed by atoms with E-state index in [0.717, 1.165) is 12.1 Å². The van der Waals surface area contributed by atoms with Crippen LogP contribution in [0, 0.1) is 17.6 Å². The maximum Gasteiger partial charge on any atom is 0.251 e. The van der Waals surface area contributed by atoms with Gasteiger partial charge in [0.1, 0.15) is 11.6 Å². The van der Waals surface area contributed by atoms with E-state index in [1.807, 2.05) is 0 Å². The normalized spacial score (nSPS) is 17.0. The summed E-state index contributed by atoms with van der Waals surface area (Å²) in [5.74, 6) is -2.46. The Hall–Kier alpha value is -2.02. The number of aliphatic hydroxyl groups excluding tert-OH is 1. The van der Waals surface area contributed by atoms with Crippen LogP contribution in [0.2, 0.25) is 0 Å². The number of amides is 2. The molecular formula is C16H20F2N2O3. The van der Waals surface area contributed by atoms with Crippen molar-refractivity contribution in [2.75, 3.05) is 19.6 Å². The molecule has 0 aliphatic carbocycles. The van der Waals surface area contributed by atoms with E-state index in [2.05, 4.69) is 5.32 Å². The molecule has 0 saturated carbocycles. The van der Waals surface area contributed by atoms with Crippen molar-refractivity contribution < 1.29 is 23.5 Å². The van der Waals surface area contributed by atoms with E-state index < -0.39 is 23.6 Å². The zero-order valence-electron chi connectivity index (χ0n) is 12.9. The summed E-state index contributed by atoms with van der Waals surface area (Å²) in [6, 6.07) is 2.50. The molecule has 1 heterocycles. The second kappa shape index (κ2) is 7.50. The van der Waals surface area contributed by atoms with E-state index in [0.29, 0.717) is 32.0 Å². The molecule has 1 saturated heterocycles. The van der Waals surface area contributed by atoms with E-state index in [4.69, 9.17) is 0 Å². The molecule has 1 atom stereocenters. The third-order valence-corrected chi connectivity index (χ3v) is 4.10. The molecule has 7 heteroatoms. The van der Waals surface area contributed by atoms with Gasteiger partial charge >= 0.3 is 0 Å². The number of carbonyl (C=O) groups is 2. The van der Waals surface area contributed by atoms with Gasteiger partial charge in [-0.2, -0.15) is 0 Å². The third-order valence-electron chi connectivity index (χ3n) is 4.10. The molecule has 2 N–H and O–H groups in total. The van der Waals surface area contributed by atoms with Crippen LogP contribution in [-0.2, 0) is 4.79 Å². The van der Waals surface area contributed by atoms with Crippen LogP contribution in [0.3, 0.4) is 0 Å². The number of nitrogens with zero attached hydrogens (tertiary/aromatic N) is 1. The average Bonchev–Trinajstić information content (AvgIpc) is 2.51. The van der Waals surface area contributed by atoms with E-state index >= 15 is 0 Å². The molecule has 1 aromatic carbocycles. The highest BCUT2D eigenvalue weighted by Crippen LogP contribution is 2.20. The fourth-order valence-electron chi connectivity index (χ4n) is 2.69. The summed E-state index contributed by atoms with van der Waals surface area (Å²) < 4.78 is 26.1. The van der Waals surface area contributed by atoms with Crippen molar-refractivity contribution >= 4 is 11.8 Å². The van der Waals surface area contributed by atoms with Gasteiger partial charge in [-0.05, 0) is 37.8 Å². The second-order valence-electron chi connectivity index (χ2n) is 5.80. The van der Waals surface area contributed by atoms with Crippen molar-refractivity contribution in [2.45, 2.75) is 25.9 Å². The second-order valence-corrected chi connectivity index (χ2v) is 5.80. The first kappa shape index (κ1) is 17.3. The highest BCUT2D eigenvalue weighted by Gasteiger charge is 2.25. The summed E-state index contributed by atoms with van der Waals surface area (Å²) in [6.45, 7) is 2.56. The zero-order valence-corrected chi connectivity index (χ0v) is 12.9. The van der Waals surface area contributed by atoms with Gasteiger partial charge in [-0.25, -0.2) is 8.78 Å². The van der Waals surface area contributed by atoms with Gasteiger partial charge in [-0.1, -0.05) is 0 Å². The largest absolute Gasteiger partial charge is 0.393 e. The maximum atomic E-state index is 13.1. The van der Waals surface area contributed by atoms with Gasteiger partial charge in [-0.15, -0.1) is 0 Å². The standard InChI is InChI=1S/C16H20F2N2O3/c1-10(21)11-2-4-20(5-3-11)15(22)9-19-16(23)12-6-13(17)8-14(18)7-12/h6-8,10-11,21H,2-5,9H2,1H3,(H,19,23). The first-order valence-electron chi connectivity index (χ1n) is 7.57. The Labute approximate surface area is 133 Å². The Morgan fingerprint density at radius 3 is 2.35 bits per heavy atom. The topological polar surface area (TPSA) is 69.6 Å². The Bertz CT molecular complexity index is 564. The molecular weight excluding hydrogens is 306 g/mol. The SMILES string of the molecule is CC(O)C1CCN(C(=O)CNC(=O)c2cc(F)cc(F)c2)CC1. The monoisotopic (exact) mass is 326 g/mol. The number of nitrogens with one attached hydrogen (secondary N) is 1. The molecule has 1 aliphatic heterocycles. The molecule has 1 aliphatic rings. The highest BCUT2D eigenvalue weighted by molar-refractivity contribution is 5.96. The summed E-state index contributed by atoms with van der Waals surface area (Å²) in [7, 11) is 0. The van der Waals surface area contributed by atoms with Gasteiger partial charge in [0, 0.05) is 24.7 Å². The molecule has 1 aromatic rings. The van der Waals surface area contributed by atoms with Crippen LogP contribution in [0.5, 0.6) is 0 Å². The number of halogens is 2. The molecule has 0 bridgehead atoms. The van der Waals surface area contributed by atoms with Crippen molar-refractivity contribution in [3.8, 4) is 0 Å². The minimum absolute atomic E-state index is 0.164. The third kappa shape index (κ3) is 4.72. The number of carbonyl (C=O) groups excluding carboxylic acids is 2. The van der Waals surface area contributed by atoms with Gasteiger partial charge in [0.05, 0.1) is 12.6 Å². The van der Waals surface area contributed by atoms with Crippen LogP contribution < -0.4 is 5.32 Å². The molecule has 2 amide bonds. The van der Waals surface area contributed by atoms with Crippen LogP contribution in [0.1, 0.15) is 30.1 Å². The van der Waals surface area contributed by atoms with Crippen molar-refractivity contribution in [2.24, 2.45) is 5.92 Å². The molecule has 126 valence electrons. The van der Waals surface area contributed by atoms with Crippen molar-refractivity contribution in [1.82, 2.24) is 10.2 Å². The summed E-state index contributed by atoms with van der Waals surface area (Å²) in [5.41, 5.74) is -0.164. The molecule has 0 spiro atoms. The number of piperidine rings is 1. The number of hydrogen-bond acceptors (Lipinski definition) is 3. The Kier molecular flexibility index (Phi) is 5.65. The molecule has 1 unspecified atom stereocenters. The summed E-state index contributed by atoms with van der Waals surface area (Å²) in [5, 5.41) is 11.9. The molecule has 2 rings (SSSR count). The van der Waals surface area contributed by atoms with E-state index in [1.165, 1.54) is 0 Å². The predicted octanol–water partition coefficient (Wildman–Crippen LogP) is 1.31. The molecule has 0 aromatic heterocycles. The van der Waals surface area contributed by atoms with Gasteiger partial charge in [0.15, 0.2) is 0 Å². The van der Waals surface area contributed by atoms with Crippen molar-refractivity contribution in [1.29, 1.82) is 0 Å². The fraction of sp³-hybridized carbons (Fsp3) is 0.500.